The van der Waals surface area contributed by atoms with Crippen molar-refractivity contribution >= 4 is 34.4 Å². The predicted molar refractivity (Wildman–Crippen MR) is 113 cm³/mol. The largest absolute Gasteiger partial charge is 0.495 e. The second-order valence-electron chi connectivity index (χ2n) is 6.92. The van der Waals surface area contributed by atoms with Gasteiger partial charge in [0, 0.05) is 11.7 Å². The number of carbonyl (C=O) groups excluding carboxylic acids is 1. The lowest BCUT2D eigenvalue weighted by molar-refractivity contribution is -0.113. The number of benzene rings is 1. The van der Waals surface area contributed by atoms with Crippen LogP contribution in [-0.2, 0) is 4.79 Å². The summed E-state index contributed by atoms with van der Waals surface area (Å²) < 4.78 is 6.91. The molecule has 0 aliphatic rings. The van der Waals surface area contributed by atoms with Gasteiger partial charge in [-0.25, -0.2) is 4.98 Å². The van der Waals surface area contributed by atoms with Gasteiger partial charge in [0.2, 0.25) is 5.91 Å². The number of fused-ring (bicyclic) bond motifs is 1. The number of aromatic amines is 1. The maximum atomic E-state index is 12.8. The maximum Gasteiger partial charge on any atom is 0.278 e. The lowest BCUT2D eigenvalue weighted by Gasteiger charge is -2.15. The lowest BCUT2D eigenvalue weighted by atomic mass is 10.2. The Morgan fingerprint density at radius 1 is 1.32 bits per heavy atom. The first-order chi connectivity index (χ1) is 13.3. The highest BCUT2D eigenvalue weighted by atomic mass is 32.2. The molecule has 0 unspecified atom stereocenters. The van der Waals surface area contributed by atoms with Gasteiger partial charge in [-0.1, -0.05) is 17.8 Å². The molecule has 0 aliphatic heterocycles. The van der Waals surface area contributed by atoms with E-state index < -0.39 is 0 Å². The van der Waals surface area contributed by atoms with E-state index in [1.54, 1.807) is 11.7 Å². The number of hydrogen-bond donors (Lipinski definition) is 2. The normalized spacial score (nSPS) is 11.2. The fourth-order valence-electron chi connectivity index (χ4n) is 2.98. The number of aryl methyl sites for hydroxylation is 2. The van der Waals surface area contributed by atoms with Crippen molar-refractivity contribution in [2.45, 2.75) is 38.9 Å². The van der Waals surface area contributed by atoms with E-state index in [9.17, 15) is 9.59 Å². The first-order valence-electron chi connectivity index (χ1n) is 8.99. The predicted octanol–water partition coefficient (Wildman–Crippen LogP) is 3.66. The van der Waals surface area contributed by atoms with Crippen LogP contribution in [0.1, 0.15) is 31.1 Å². The van der Waals surface area contributed by atoms with Crippen LogP contribution >= 0.6 is 11.8 Å². The van der Waals surface area contributed by atoms with Crippen molar-refractivity contribution in [3.05, 3.63) is 45.9 Å². The smallest absolute Gasteiger partial charge is 0.278 e. The van der Waals surface area contributed by atoms with E-state index >= 15 is 0 Å². The molecule has 148 valence electrons. The summed E-state index contributed by atoms with van der Waals surface area (Å²) in [5.41, 5.74) is 3.50. The molecule has 2 aromatic heterocycles. The summed E-state index contributed by atoms with van der Waals surface area (Å²) in [6.07, 6.45) is 0. The van der Waals surface area contributed by atoms with E-state index in [1.165, 1.54) is 11.8 Å². The third kappa shape index (κ3) is 4.06. The van der Waals surface area contributed by atoms with E-state index in [2.05, 4.69) is 15.3 Å². The summed E-state index contributed by atoms with van der Waals surface area (Å²) >= 11 is 1.24. The minimum atomic E-state index is -0.191. The van der Waals surface area contributed by atoms with Gasteiger partial charge in [-0.15, -0.1) is 0 Å². The average molecular weight is 401 g/mol. The van der Waals surface area contributed by atoms with Gasteiger partial charge in [0.05, 0.1) is 24.1 Å². The Morgan fingerprint density at radius 3 is 2.75 bits per heavy atom. The number of rotatable bonds is 6. The van der Waals surface area contributed by atoms with E-state index in [4.69, 9.17) is 4.74 Å². The molecule has 3 rings (SSSR count). The molecular formula is C20H24N4O3S. The van der Waals surface area contributed by atoms with Crippen molar-refractivity contribution in [2.24, 2.45) is 0 Å². The van der Waals surface area contributed by atoms with Crippen LogP contribution in [0.2, 0.25) is 0 Å². The number of hydrogen-bond acceptors (Lipinski definition) is 5. The summed E-state index contributed by atoms with van der Waals surface area (Å²) in [5, 5.41) is 3.40. The van der Waals surface area contributed by atoms with Crippen LogP contribution in [0.5, 0.6) is 5.75 Å². The molecule has 7 nitrogen and oxygen atoms in total. The lowest BCUT2D eigenvalue weighted by Crippen LogP contribution is -2.25. The molecule has 0 fully saturated rings. The van der Waals surface area contributed by atoms with Crippen molar-refractivity contribution in [3.8, 4) is 5.75 Å². The molecule has 1 aromatic carbocycles. The molecule has 0 saturated heterocycles. The Morgan fingerprint density at radius 2 is 2.07 bits per heavy atom. The van der Waals surface area contributed by atoms with E-state index in [1.807, 2.05) is 52.0 Å². The zero-order valence-corrected chi connectivity index (χ0v) is 17.4. The van der Waals surface area contributed by atoms with Gasteiger partial charge in [0.25, 0.3) is 5.56 Å². The van der Waals surface area contributed by atoms with Crippen molar-refractivity contribution < 1.29 is 9.53 Å². The van der Waals surface area contributed by atoms with E-state index in [0.29, 0.717) is 27.6 Å². The Hall–Kier alpha value is -2.74. The molecule has 8 heteroatoms. The number of nitrogens with one attached hydrogen (secondary N) is 2. The average Bonchev–Trinajstić information content (AvgIpc) is 3.00. The fourth-order valence-corrected chi connectivity index (χ4v) is 3.91. The van der Waals surface area contributed by atoms with Gasteiger partial charge in [-0.05, 0) is 51.5 Å². The van der Waals surface area contributed by atoms with Crippen LogP contribution in [0, 0.1) is 13.8 Å². The molecule has 0 aliphatic carbocycles. The Kier molecular flexibility index (Phi) is 5.79. The quantitative estimate of drug-likeness (QED) is 0.487. The van der Waals surface area contributed by atoms with Gasteiger partial charge in [-0.3, -0.25) is 14.2 Å². The van der Waals surface area contributed by atoms with Gasteiger partial charge >= 0.3 is 0 Å². The molecule has 0 saturated carbocycles. The first kappa shape index (κ1) is 20.0. The van der Waals surface area contributed by atoms with Crippen molar-refractivity contribution in [1.29, 1.82) is 0 Å². The zero-order valence-electron chi connectivity index (χ0n) is 16.6. The van der Waals surface area contributed by atoms with Crippen molar-refractivity contribution in [1.82, 2.24) is 14.5 Å². The molecule has 3 aromatic rings. The Labute approximate surface area is 167 Å². The number of carbonyl (C=O) groups is 1. The van der Waals surface area contributed by atoms with Crippen LogP contribution in [-0.4, -0.2) is 33.3 Å². The molecule has 2 N–H and O–H groups in total. The van der Waals surface area contributed by atoms with Crippen LogP contribution < -0.4 is 15.6 Å². The van der Waals surface area contributed by atoms with Crippen molar-refractivity contribution in [2.75, 3.05) is 18.2 Å². The van der Waals surface area contributed by atoms with Gasteiger partial charge in [0.15, 0.2) is 5.16 Å². The standard InChI is InChI=1S/C20H24N4O3S/c1-11(2)24-19(26)18-15(9-13(4)21-18)23-20(24)28-10-17(25)22-14-8-12(3)6-7-16(14)27-5/h6-9,11,21H,10H2,1-5H3,(H,22,25). The molecule has 0 radical (unpaired) electrons. The number of amides is 1. The van der Waals surface area contributed by atoms with Crippen LogP contribution in [0.25, 0.3) is 11.0 Å². The van der Waals surface area contributed by atoms with Gasteiger partial charge in [0.1, 0.15) is 11.3 Å². The molecule has 2 heterocycles. The summed E-state index contributed by atoms with van der Waals surface area (Å²) in [5.74, 6) is 0.541. The van der Waals surface area contributed by atoms with Gasteiger partial charge < -0.3 is 15.0 Å². The second kappa shape index (κ2) is 8.10. The van der Waals surface area contributed by atoms with Gasteiger partial charge in [-0.2, -0.15) is 0 Å². The number of anilines is 1. The molecule has 28 heavy (non-hydrogen) atoms. The minimum absolute atomic E-state index is 0.0737. The monoisotopic (exact) mass is 400 g/mol. The number of ether oxygens (including phenoxy) is 1. The number of H-pyrrole nitrogens is 1. The third-order valence-electron chi connectivity index (χ3n) is 4.26. The molecular weight excluding hydrogens is 376 g/mol. The zero-order chi connectivity index (χ0) is 20.4. The van der Waals surface area contributed by atoms with Crippen LogP contribution in [0.4, 0.5) is 5.69 Å². The minimum Gasteiger partial charge on any atom is -0.495 e. The molecule has 0 spiro atoms. The second-order valence-corrected chi connectivity index (χ2v) is 7.86. The highest BCUT2D eigenvalue weighted by Crippen LogP contribution is 2.26. The maximum absolute atomic E-state index is 12.8. The fraction of sp³-hybridized carbons (Fsp3) is 0.350. The molecule has 0 atom stereocenters. The number of aromatic nitrogens is 3. The first-order valence-corrected chi connectivity index (χ1v) is 9.98. The van der Waals surface area contributed by atoms with Crippen LogP contribution in [0.15, 0.2) is 34.2 Å². The van der Waals surface area contributed by atoms with E-state index in [0.717, 1.165) is 11.3 Å². The Balaban J connectivity index is 1.83. The van der Waals surface area contributed by atoms with E-state index in [-0.39, 0.29) is 23.3 Å². The summed E-state index contributed by atoms with van der Waals surface area (Å²) in [6, 6.07) is 7.36. The number of nitrogens with zero attached hydrogens (tertiary/aromatic N) is 2. The molecule has 0 bridgehead atoms. The van der Waals surface area contributed by atoms with Crippen LogP contribution in [0.3, 0.4) is 0 Å². The highest BCUT2D eigenvalue weighted by molar-refractivity contribution is 7.99. The summed E-state index contributed by atoms with van der Waals surface area (Å²) in [6.45, 7) is 7.68. The summed E-state index contributed by atoms with van der Waals surface area (Å²) in [7, 11) is 1.56. The van der Waals surface area contributed by atoms with Crippen molar-refractivity contribution in [3.63, 3.8) is 0 Å². The Bertz CT molecular complexity index is 1080. The topological polar surface area (TPSA) is 89.0 Å². The third-order valence-corrected chi connectivity index (χ3v) is 5.22. The number of thioether (sulfide) groups is 1. The SMILES string of the molecule is COc1ccc(C)cc1NC(=O)CSc1nc2cc(C)[nH]c2c(=O)n1C(C)C. The highest BCUT2D eigenvalue weighted by Gasteiger charge is 2.17. The molecule has 1 amide bonds. The number of methoxy groups -OCH3 is 1. The summed E-state index contributed by atoms with van der Waals surface area (Å²) in [4.78, 5) is 33.0.